The van der Waals surface area contributed by atoms with Gasteiger partial charge in [-0.25, -0.2) is 0 Å². The molecule has 0 aromatic heterocycles. The smallest absolute Gasteiger partial charge is 0.240 e. The average Bonchev–Trinajstić information content (AvgIpc) is 2.52. The maximum atomic E-state index is 13.1. The molecule has 2 fully saturated rings. The minimum Gasteiger partial charge on any atom is -0.368 e. The zero-order valence-corrected chi connectivity index (χ0v) is 14.5. The van der Waals surface area contributed by atoms with Gasteiger partial charge in [0.15, 0.2) is 0 Å². The number of nitrogens with two attached hydrogens (primary N) is 1. The quantitative estimate of drug-likeness (QED) is 0.533. The summed E-state index contributed by atoms with van der Waals surface area (Å²) in [6.07, 6.45) is 2.07. The van der Waals surface area contributed by atoms with E-state index in [-0.39, 0.29) is 17.4 Å². The number of rotatable bonds is 4. The van der Waals surface area contributed by atoms with E-state index in [1.807, 2.05) is 0 Å². The van der Waals surface area contributed by atoms with Gasteiger partial charge in [0.1, 0.15) is 6.04 Å². The molecule has 2 rings (SSSR count). The van der Waals surface area contributed by atoms with E-state index in [1.165, 1.54) is 0 Å². The SMILES string of the molecule is CC(C)(C)[C@H](NC1CCNCC1)C(=O)N1CCN[C@@H](C(N)=O)C1. The van der Waals surface area contributed by atoms with Crippen LogP contribution < -0.4 is 21.7 Å². The molecule has 2 atom stereocenters. The third-order valence-corrected chi connectivity index (χ3v) is 4.69. The van der Waals surface area contributed by atoms with Gasteiger partial charge in [0.25, 0.3) is 0 Å². The molecule has 0 unspecified atom stereocenters. The van der Waals surface area contributed by atoms with E-state index in [2.05, 4.69) is 36.7 Å². The molecular formula is C16H31N5O2. The number of piperidine rings is 1. The Morgan fingerprint density at radius 2 is 1.87 bits per heavy atom. The lowest BCUT2D eigenvalue weighted by Crippen LogP contribution is -2.63. The van der Waals surface area contributed by atoms with Crippen molar-refractivity contribution in [3.63, 3.8) is 0 Å². The van der Waals surface area contributed by atoms with Crippen molar-refractivity contribution < 1.29 is 9.59 Å². The molecule has 5 N–H and O–H groups in total. The van der Waals surface area contributed by atoms with Gasteiger partial charge in [-0.2, -0.15) is 0 Å². The first-order valence-electron chi connectivity index (χ1n) is 8.57. The van der Waals surface area contributed by atoms with Crippen LogP contribution in [0.5, 0.6) is 0 Å². The van der Waals surface area contributed by atoms with E-state index in [0.29, 0.717) is 25.7 Å². The van der Waals surface area contributed by atoms with Crippen molar-refractivity contribution in [3.05, 3.63) is 0 Å². The average molecular weight is 325 g/mol. The summed E-state index contributed by atoms with van der Waals surface area (Å²) in [5, 5.41) is 9.98. The Bertz CT molecular complexity index is 429. The third-order valence-electron chi connectivity index (χ3n) is 4.69. The number of amides is 2. The molecule has 2 aliphatic rings. The van der Waals surface area contributed by atoms with Crippen LogP contribution in [0, 0.1) is 5.41 Å². The highest BCUT2D eigenvalue weighted by atomic mass is 16.2. The molecule has 0 bridgehead atoms. The monoisotopic (exact) mass is 325 g/mol. The van der Waals surface area contributed by atoms with Crippen molar-refractivity contribution in [2.75, 3.05) is 32.7 Å². The van der Waals surface area contributed by atoms with Gasteiger partial charge >= 0.3 is 0 Å². The fraction of sp³-hybridized carbons (Fsp3) is 0.875. The Morgan fingerprint density at radius 3 is 2.43 bits per heavy atom. The zero-order valence-electron chi connectivity index (χ0n) is 14.5. The summed E-state index contributed by atoms with van der Waals surface area (Å²) < 4.78 is 0. The molecule has 2 amide bonds. The summed E-state index contributed by atoms with van der Waals surface area (Å²) in [5.41, 5.74) is 5.19. The van der Waals surface area contributed by atoms with E-state index < -0.39 is 11.9 Å². The van der Waals surface area contributed by atoms with Crippen LogP contribution in [0.2, 0.25) is 0 Å². The summed E-state index contributed by atoms with van der Waals surface area (Å²) in [7, 11) is 0. The number of hydrogen-bond donors (Lipinski definition) is 4. The van der Waals surface area contributed by atoms with Crippen LogP contribution >= 0.6 is 0 Å². The highest BCUT2D eigenvalue weighted by Crippen LogP contribution is 2.23. The van der Waals surface area contributed by atoms with Crippen LogP contribution in [0.4, 0.5) is 0 Å². The van der Waals surface area contributed by atoms with Gasteiger partial charge in [-0.3, -0.25) is 9.59 Å². The van der Waals surface area contributed by atoms with Gasteiger partial charge < -0.3 is 26.6 Å². The number of primary amides is 1. The summed E-state index contributed by atoms with van der Waals surface area (Å²) in [6.45, 7) is 9.79. The fourth-order valence-electron chi connectivity index (χ4n) is 3.24. The van der Waals surface area contributed by atoms with Gasteiger partial charge in [0.05, 0.1) is 6.04 Å². The largest absolute Gasteiger partial charge is 0.368 e. The Hall–Kier alpha value is -1.18. The van der Waals surface area contributed by atoms with Crippen LogP contribution in [-0.2, 0) is 9.59 Å². The topological polar surface area (TPSA) is 99.5 Å². The van der Waals surface area contributed by atoms with Gasteiger partial charge in [-0.05, 0) is 31.3 Å². The van der Waals surface area contributed by atoms with Crippen molar-refractivity contribution in [2.45, 2.75) is 51.7 Å². The predicted molar refractivity (Wildman–Crippen MR) is 89.8 cm³/mol. The third kappa shape index (κ3) is 4.89. The van der Waals surface area contributed by atoms with E-state index in [0.717, 1.165) is 25.9 Å². The number of nitrogens with zero attached hydrogens (tertiary/aromatic N) is 1. The van der Waals surface area contributed by atoms with Gasteiger partial charge in [0.2, 0.25) is 11.8 Å². The van der Waals surface area contributed by atoms with Gasteiger partial charge in [-0.1, -0.05) is 20.8 Å². The normalized spacial score (nSPS) is 25.2. The Morgan fingerprint density at radius 1 is 1.22 bits per heavy atom. The van der Waals surface area contributed by atoms with Crippen molar-refractivity contribution in [2.24, 2.45) is 11.1 Å². The molecule has 2 heterocycles. The Labute approximate surface area is 138 Å². The lowest BCUT2D eigenvalue weighted by Gasteiger charge is -2.40. The van der Waals surface area contributed by atoms with Crippen LogP contribution in [0.15, 0.2) is 0 Å². The molecule has 0 spiro atoms. The molecule has 0 radical (unpaired) electrons. The minimum atomic E-state index is -0.452. The van der Waals surface area contributed by atoms with Crippen LogP contribution in [-0.4, -0.2) is 67.6 Å². The summed E-state index contributed by atoms with van der Waals surface area (Å²) >= 11 is 0. The summed E-state index contributed by atoms with van der Waals surface area (Å²) in [5.74, 6) is -0.329. The molecule has 2 aliphatic heterocycles. The summed E-state index contributed by atoms with van der Waals surface area (Å²) in [6, 6.07) is -0.344. The number of piperazine rings is 1. The summed E-state index contributed by atoms with van der Waals surface area (Å²) in [4.78, 5) is 26.2. The molecule has 2 saturated heterocycles. The Kier molecular flexibility index (Phi) is 6.00. The van der Waals surface area contributed by atoms with E-state index in [1.54, 1.807) is 4.90 Å². The second-order valence-electron chi connectivity index (χ2n) is 7.68. The van der Waals surface area contributed by atoms with Crippen molar-refractivity contribution in [1.29, 1.82) is 0 Å². The highest BCUT2D eigenvalue weighted by Gasteiger charge is 2.38. The van der Waals surface area contributed by atoms with Crippen molar-refractivity contribution in [1.82, 2.24) is 20.9 Å². The molecule has 132 valence electrons. The number of nitrogens with one attached hydrogen (secondary N) is 3. The lowest BCUT2D eigenvalue weighted by molar-refractivity contribution is -0.138. The van der Waals surface area contributed by atoms with E-state index in [9.17, 15) is 9.59 Å². The molecule has 23 heavy (non-hydrogen) atoms. The lowest BCUT2D eigenvalue weighted by atomic mass is 9.84. The maximum absolute atomic E-state index is 13.1. The van der Waals surface area contributed by atoms with Gasteiger partial charge in [-0.15, -0.1) is 0 Å². The second-order valence-corrected chi connectivity index (χ2v) is 7.68. The van der Waals surface area contributed by atoms with Crippen LogP contribution in [0.25, 0.3) is 0 Å². The standard InChI is InChI=1S/C16H31N5O2/c1-16(2,3)13(20-11-4-6-18-7-5-11)15(23)21-9-8-19-12(10-21)14(17)22/h11-13,18-20H,4-10H2,1-3H3,(H2,17,22)/t12-,13-/m1/s1. The fourth-order valence-corrected chi connectivity index (χ4v) is 3.24. The molecule has 0 aromatic carbocycles. The molecule has 0 aliphatic carbocycles. The number of carbonyl (C=O) groups is 2. The second kappa shape index (κ2) is 7.59. The molecule has 7 heteroatoms. The predicted octanol–water partition coefficient (Wildman–Crippen LogP) is -0.972. The first kappa shape index (κ1) is 18.2. The van der Waals surface area contributed by atoms with Crippen molar-refractivity contribution in [3.8, 4) is 0 Å². The first-order chi connectivity index (χ1) is 10.8. The van der Waals surface area contributed by atoms with E-state index >= 15 is 0 Å². The first-order valence-corrected chi connectivity index (χ1v) is 8.57. The minimum absolute atomic E-state index is 0.0729. The van der Waals surface area contributed by atoms with Crippen LogP contribution in [0.1, 0.15) is 33.6 Å². The molecular weight excluding hydrogens is 294 g/mol. The molecule has 7 nitrogen and oxygen atoms in total. The van der Waals surface area contributed by atoms with Crippen LogP contribution in [0.3, 0.4) is 0 Å². The Balaban J connectivity index is 2.05. The highest BCUT2D eigenvalue weighted by molar-refractivity contribution is 5.85. The van der Waals surface area contributed by atoms with Crippen molar-refractivity contribution >= 4 is 11.8 Å². The molecule has 0 saturated carbocycles. The maximum Gasteiger partial charge on any atom is 0.240 e. The number of carbonyl (C=O) groups excluding carboxylic acids is 2. The number of hydrogen-bond acceptors (Lipinski definition) is 5. The van der Waals surface area contributed by atoms with Gasteiger partial charge in [0, 0.05) is 25.7 Å². The van der Waals surface area contributed by atoms with E-state index in [4.69, 9.17) is 5.73 Å². The molecule has 0 aromatic rings. The zero-order chi connectivity index (χ0) is 17.0.